The van der Waals surface area contributed by atoms with Crippen molar-refractivity contribution in [3.05, 3.63) is 69.4 Å². The average molecular weight is 484 g/mol. The van der Waals surface area contributed by atoms with Gasteiger partial charge in [-0.05, 0) is 19.9 Å². The van der Waals surface area contributed by atoms with Crippen molar-refractivity contribution in [3.8, 4) is 16.9 Å². The van der Waals surface area contributed by atoms with Crippen LogP contribution >= 0.6 is 0 Å². The molecule has 1 N–H and O–H groups in total. The largest absolute Gasteiger partial charge is 0.502 e. The molecule has 2 aromatic heterocycles. The molecule has 0 saturated carbocycles. The van der Waals surface area contributed by atoms with Gasteiger partial charge in [0.05, 0.1) is 30.5 Å². The van der Waals surface area contributed by atoms with Gasteiger partial charge in [0.15, 0.2) is 11.4 Å². The van der Waals surface area contributed by atoms with Crippen LogP contribution in [0, 0.1) is 11.6 Å². The zero-order valence-corrected chi connectivity index (χ0v) is 19.2. The number of carbonyl (C=O) groups is 2. The van der Waals surface area contributed by atoms with Gasteiger partial charge in [0.1, 0.15) is 18.3 Å². The Hall–Kier alpha value is -4.22. The van der Waals surface area contributed by atoms with Crippen molar-refractivity contribution < 1.29 is 23.5 Å². The Bertz CT molecular complexity index is 1450. The predicted molar refractivity (Wildman–Crippen MR) is 120 cm³/mol. The number of carbonyl (C=O) groups excluding carboxylic acids is 2. The number of rotatable bonds is 4. The predicted octanol–water partition coefficient (Wildman–Crippen LogP) is 2.07. The molecule has 0 saturated heterocycles. The summed E-state index contributed by atoms with van der Waals surface area (Å²) in [5.41, 5.74) is -0.111. The smallest absolute Gasteiger partial charge is 0.340 e. The first-order chi connectivity index (χ1) is 16.6. The highest BCUT2D eigenvalue weighted by Gasteiger charge is 2.43. The summed E-state index contributed by atoms with van der Waals surface area (Å²) in [6, 6.07) is 2.54. The lowest BCUT2D eigenvalue weighted by Crippen LogP contribution is -2.63. The maximum absolute atomic E-state index is 14.1. The number of hydrogen-bond acceptors (Lipinski definition) is 5. The van der Waals surface area contributed by atoms with Crippen molar-refractivity contribution in [2.45, 2.75) is 33.0 Å². The van der Waals surface area contributed by atoms with E-state index in [1.165, 1.54) is 42.6 Å². The van der Waals surface area contributed by atoms with Crippen LogP contribution < -0.4 is 10.4 Å². The summed E-state index contributed by atoms with van der Waals surface area (Å²) < 4.78 is 30.0. The minimum atomic E-state index is -0.777. The molecule has 10 nitrogen and oxygen atoms in total. The van der Waals surface area contributed by atoms with Gasteiger partial charge >= 0.3 is 6.03 Å². The highest BCUT2D eigenvalue weighted by atomic mass is 19.1. The van der Waals surface area contributed by atoms with Gasteiger partial charge in [-0.1, -0.05) is 6.07 Å². The molecule has 0 unspecified atom stereocenters. The van der Waals surface area contributed by atoms with Gasteiger partial charge in [0.25, 0.3) is 5.91 Å². The molecule has 5 rings (SSSR count). The summed E-state index contributed by atoms with van der Waals surface area (Å²) in [5, 5.41) is 16.3. The second-order valence-electron chi connectivity index (χ2n) is 8.87. The van der Waals surface area contributed by atoms with Crippen LogP contribution in [-0.2, 0) is 13.1 Å². The van der Waals surface area contributed by atoms with Gasteiger partial charge in [-0.15, -0.1) is 0 Å². The van der Waals surface area contributed by atoms with E-state index >= 15 is 0 Å². The second-order valence-corrected chi connectivity index (χ2v) is 8.87. The Balaban J connectivity index is 1.65. The van der Waals surface area contributed by atoms with Crippen LogP contribution in [0.15, 0.2) is 35.4 Å². The van der Waals surface area contributed by atoms with E-state index in [0.717, 1.165) is 12.1 Å². The van der Waals surface area contributed by atoms with Crippen LogP contribution in [-0.4, -0.2) is 61.1 Å². The summed E-state index contributed by atoms with van der Waals surface area (Å²) in [5.74, 6) is -2.75. The van der Waals surface area contributed by atoms with Gasteiger partial charge in [-0.25, -0.2) is 23.3 Å². The van der Waals surface area contributed by atoms with E-state index < -0.39 is 34.8 Å². The number of aromatic nitrogens is 3. The monoisotopic (exact) mass is 484 g/mol. The molecule has 2 aliphatic rings. The minimum absolute atomic E-state index is 0.0138. The first-order valence-electron chi connectivity index (χ1n) is 10.9. The first kappa shape index (κ1) is 22.6. The lowest BCUT2D eigenvalue weighted by molar-refractivity contribution is 0.0621. The molecule has 182 valence electrons. The Morgan fingerprint density at radius 1 is 1.17 bits per heavy atom. The van der Waals surface area contributed by atoms with Crippen molar-refractivity contribution in [2.75, 3.05) is 18.7 Å². The average Bonchev–Trinajstić information content (AvgIpc) is 3.25. The number of urea groups is 1. The van der Waals surface area contributed by atoms with Crippen molar-refractivity contribution >= 4 is 11.9 Å². The molecule has 12 heteroatoms. The Labute approximate surface area is 198 Å². The van der Waals surface area contributed by atoms with Crippen molar-refractivity contribution in [3.63, 3.8) is 0 Å². The number of aromatic hydroxyl groups is 1. The topological polar surface area (TPSA) is 104 Å². The Morgan fingerprint density at radius 2 is 1.91 bits per heavy atom. The minimum Gasteiger partial charge on any atom is -0.502 e. The van der Waals surface area contributed by atoms with E-state index in [4.69, 9.17) is 0 Å². The molecule has 3 aromatic rings. The first-order valence-corrected chi connectivity index (χ1v) is 10.9. The molecular formula is C23H22F2N6O4. The molecule has 0 bridgehead atoms. The van der Waals surface area contributed by atoms with Gasteiger partial charge in [0.2, 0.25) is 5.43 Å². The molecule has 0 spiro atoms. The Kier molecular flexibility index (Phi) is 5.11. The summed E-state index contributed by atoms with van der Waals surface area (Å²) >= 11 is 0. The maximum atomic E-state index is 14.1. The van der Waals surface area contributed by atoms with Crippen molar-refractivity contribution in [1.82, 2.24) is 24.3 Å². The van der Waals surface area contributed by atoms with E-state index in [2.05, 4.69) is 5.10 Å². The van der Waals surface area contributed by atoms with Gasteiger partial charge < -0.3 is 14.9 Å². The van der Waals surface area contributed by atoms with E-state index in [1.807, 2.05) is 0 Å². The van der Waals surface area contributed by atoms with E-state index in [0.29, 0.717) is 11.3 Å². The molecular weight excluding hydrogens is 462 g/mol. The summed E-state index contributed by atoms with van der Waals surface area (Å²) in [6.45, 7) is 3.49. The third kappa shape index (κ3) is 3.44. The molecule has 3 amide bonds. The van der Waals surface area contributed by atoms with E-state index in [1.54, 1.807) is 20.9 Å². The molecule has 0 aliphatic carbocycles. The van der Waals surface area contributed by atoms with Crippen LogP contribution in [0.25, 0.3) is 11.1 Å². The van der Waals surface area contributed by atoms with Crippen LogP contribution in [0.1, 0.15) is 35.6 Å². The lowest BCUT2D eigenvalue weighted by Gasteiger charge is -2.45. The van der Waals surface area contributed by atoms with Gasteiger partial charge in [0, 0.05) is 36.5 Å². The fraction of sp³-hybridized carbons (Fsp3) is 0.304. The third-order valence-electron chi connectivity index (χ3n) is 6.24. The number of amides is 3. The molecule has 1 aromatic carbocycles. The third-order valence-corrected chi connectivity index (χ3v) is 6.24. The fourth-order valence-electron chi connectivity index (χ4n) is 4.44. The molecule has 0 atom stereocenters. The zero-order valence-electron chi connectivity index (χ0n) is 19.2. The fourth-order valence-corrected chi connectivity index (χ4v) is 4.44. The molecule has 0 radical (unpaired) electrons. The number of hydrogen-bond donors (Lipinski definition) is 1. The van der Waals surface area contributed by atoms with Crippen LogP contribution in [0.4, 0.5) is 13.6 Å². The van der Waals surface area contributed by atoms with E-state index in [9.17, 15) is 28.3 Å². The number of halogens is 2. The van der Waals surface area contributed by atoms with Crippen LogP contribution in [0.5, 0.6) is 5.75 Å². The highest BCUT2D eigenvalue weighted by Crippen LogP contribution is 2.33. The number of benzene rings is 1. The summed E-state index contributed by atoms with van der Waals surface area (Å²) in [7, 11) is 1.57. The molecule has 4 heterocycles. The van der Waals surface area contributed by atoms with Crippen molar-refractivity contribution in [2.24, 2.45) is 0 Å². The molecule has 35 heavy (non-hydrogen) atoms. The Morgan fingerprint density at radius 3 is 2.60 bits per heavy atom. The van der Waals surface area contributed by atoms with Gasteiger partial charge in [-0.2, -0.15) is 5.10 Å². The normalized spacial score (nSPS) is 15.3. The highest BCUT2D eigenvalue weighted by molar-refractivity contribution is 6.00. The zero-order chi connectivity index (χ0) is 25.2. The van der Waals surface area contributed by atoms with E-state index in [-0.39, 0.29) is 42.6 Å². The summed E-state index contributed by atoms with van der Waals surface area (Å²) in [6.07, 6.45) is 2.88. The lowest BCUT2D eigenvalue weighted by atomic mass is 10.0. The van der Waals surface area contributed by atoms with Crippen LogP contribution in [0.3, 0.4) is 0 Å². The second kappa shape index (κ2) is 7.93. The maximum Gasteiger partial charge on any atom is 0.340 e. The SMILES string of the molecule is CC(C)N1CN2C(=O)N(C)Cc3c(-c4cnn(Cc5ccc(F)cc5F)c4)c(=O)c(O)c(n32)C1=O. The van der Waals surface area contributed by atoms with Crippen LogP contribution in [0.2, 0.25) is 0 Å². The quantitative estimate of drug-likeness (QED) is 0.611. The summed E-state index contributed by atoms with van der Waals surface area (Å²) in [4.78, 5) is 42.2. The van der Waals surface area contributed by atoms with Gasteiger partial charge in [-0.3, -0.25) is 14.3 Å². The molecule has 0 fully saturated rings. The molecule has 2 aliphatic heterocycles. The number of nitrogens with zero attached hydrogens (tertiary/aromatic N) is 6. The van der Waals surface area contributed by atoms with Crippen molar-refractivity contribution in [1.29, 1.82) is 0 Å². The standard InChI is InChI=1S/C23H22F2N6O4/c1-12(2)29-11-30-23(35)27(3)10-17-18(20(32)21(33)19(22(29)34)31(17)30)14-7-26-28(9-14)8-13-4-5-15(24)6-16(13)25/h4-7,9,12,33H,8,10-11H2,1-3H3. The number of pyridine rings is 1.